The van der Waals surface area contributed by atoms with Crippen molar-refractivity contribution in [2.24, 2.45) is 5.92 Å². The minimum absolute atomic E-state index is 0.131. The summed E-state index contributed by atoms with van der Waals surface area (Å²) in [4.78, 5) is 30.1. The lowest BCUT2D eigenvalue weighted by atomic mass is 9.78. The normalized spacial score (nSPS) is 23.1. The molecule has 0 radical (unpaired) electrons. The van der Waals surface area contributed by atoms with E-state index in [9.17, 15) is 14.0 Å². The number of benzene rings is 2. The van der Waals surface area contributed by atoms with Crippen molar-refractivity contribution in [2.45, 2.75) is 51.0 Å². The second-order valence-electron chi connectivity index (χ2n) is 8.81. The van der Waals surface area contributed by atoms with Crippen LogP contribution in [0.15, 0.2) is 42.5 Å². The summed E-state index contributed by atoms with van der Waals surface area (Å²) < 4.78 is 13.2. The third-order valence-corrected chi connectivity index (χ3v) is 7.06. The molecule has 1 saturated carbocycles. The van der Waals surface area contributed by atoms with Crippen LogP contribution in [-0.2, 0) is 6.42 Å². The highest BCUT2D eigenvalue weighted by atomic mass is 19.1. The van der Waals surface area contributed by atoms with Crippen LogP contribution in [0.25, 0.3) is 0 Å². The van der Waals surface area contributed by atoms with Gasteiger partial charge in [0.1, 0.15) is 5.82 Å². The molecule has 0 aromatic heterocycles. The Labute approximate surface area is 176 Å². The van der Waals surface area contributed by atoms with Crippen LogP contribution in [0.5, 0.6) is 0 Å². The Bertz CT molecular complexity index is 970. The summed E-state index contributed by atoms with van der Waals surface area (Å²) in [5, 5.41) is 0. The topological polar surface area (TPSA) is 40.6 Å². The number of halogens is 1. The van der Waals surface area contributed by atoms with Crippen LogP contribution in [-0.4, -0.2) is 35.8 Å². The molecule has 2 amide bonds. The third-order valence-electron chi connectivity index (χ3n) is 7.06. The van der Waals surface area contributed by atoms with E-state index < -0.39 is 0 Å². The van der Waals surface area contributed by atoms with Crippen LogP contribution in [0.2, 0.25) is 0 Å². The van der Waals surface area contributed by atoms with E-state index in [4.69, 9.17) is 0 Å². The number of hydrogen-bond donors (Lipinski definition) is 0. The molecule has 4 nitrogen and oxygen atoms in total. The fraction of sp³-hybridized carbons (Fsp3) is 0.440. The quantitative estimate of drug-likeness (QED) is 0.717. The maximum Gasteiger partial charge on any atom is 0.258 e. The molecule has 156 valence electrons. The molecule has 0 N–H and O–H groups in total. The molecule has 1 aliphatic carbocycles. The van der Waals surface area contributed by atoms with Crippen LogP contribution in [0.3, 0.4) is 0 Å². The summed E-state index contributed by atoms with van der Waals surface area (Å²) in [6.07, 6.45) is 7.96. The fourth-order valence-electron chi connectivity index (χ4n) is 5.54. The van der Waals surface area contributed by atoms with Gasteiger partial charge in [0, 0.05) is 35.9 Å². The van der Waals surface area contributed by atoms with Crippen molar-refractivity contribution in [2.75, 3.05) is 18.0 Å². The van der Waals surface area contributed by atoms with Gasteiger partial charge in [-0.1, -0.05) is 12.8 Å². The van der Waals surface area contributed by atoms with Crippen molar-refractivity contribution in [1.82, 2.24) is 4.90 Å². The zero-order valence-electron chi connectivity index (χ0n) is 17.1. The molecule has 2 atom stereocenters. The number of piperidine rings is 1. The molecule has 2 fully saturated rings. The van der Waals surface area contributed by atoms with Crippen molar-refractivity contribution in [1.29, 1.82) is 0 Å². The summed E-state index contributed by atoms with van der Waals surface area (Å²) in [5.74, 6) is 0.316. The average Bonchev–Trinajstić information content (AvgIpc) is 3.21. The first-order chi connectivity index (χ1) is 14.6. The second kappa shape index (κ2) is 7.86. The van der Waals surface area contributed by atoms with Crippen molar-refractivity contribution in [3.05, 3.63) is 65.0 Å². The molecule has 0 spiro atoms. The number of carbonyl (C=O) groups excluding carboxylic acids is 2. The molecule has 2 aromatic rings. The van der Waals surface area contributed by atoms with Gasteiger partial charge in [-0.15, -0.1) is 0 Å². The third kappa shape index (κ3) is 3.40. The number of hydrogen-bond acceptors (Lipinski definition) is 2. The second-order valence-corrected chi connectivity index (χ2v) is 8.81. The van der Waals surface area contributed by atoms with E-state index in [1.54, 1.807) is 4.90 Å². The lowest BCUT2D eigenvalue weighted by Gasteiger charge is -2.44. The molecule has 1 saturated heterocycles. The highest BCUT2D eigenvalue weighted by Gasteiger charge is 2.36. The van der Waals surface area contributed by atoms with E-state index in [2.05, 4.69) is 4.90 Å². The minimum atomic E-state index is -0.352. The lowest BCUT2D eigenvalue weighted by Crippen LogP contribution is -2.49. The van der Waals surface area contributed by atoms with E-state index in [1.165, 1.54) is 49.9 Å². The Morgan fingerprint density at radius 3 is 2.40 bits per heavy atom. The average molecular weight is 407 g/mol. The summed E-state index contributed by atoms with van der Waals surface area (Å²) in [5.41, 5.74) is 3.10. The van der Waals surface area contributed by atoms with Crippen LogP contribution >= 0.6 is 0 Å². The van der Waals surface area contributed by atoms with Gasteiger partial charge in [0.05, 0.1) is 0 Å². The van der Waals surface area contributed by atoms with Gasteiger partial charge in [0.15, 0.2) is 0 Å². The van der Waals surface area contributed by atoms with E-state index in [-0.39, 0.29) is 17.6 Å². The maximum atomic E-state index is 13.3. The summed E-state index contributed by atoms with van der Waals surface area (Å²) in [6, 6.07) is 11.8. The van der Waals surface area contributed by atoms with E-state index in [0.29, 0.717) is 24.1 Å². The predicted octanol–water partition coefficient (Wildman–Crippen LogP) is 4.82. The molecule has 5 heteroatoms. The number of rotatable bonds is 2. The van der Waals surface area contributed by atoms with Gasteiger partial charge >= 0.3 is 0 Å². The van der Waals surface area contributed by atoms with Crippen molar-refractivity contribution >= 4 is 17.5 Å². The monoisotopic (exact) mass is 406 g/mol. The van der Waals surface area contributed by atoms with Gasteiger partial charge in [0.25, 0.3) is 11.8 Å². The van der Waals surface area contributed by atoms with Crippen LogP contribution in [0, 0.1) is 11.7 Å². The van der Waals surface area contributed by atoms with Crippen molar-refractivity contribution in [3.8, 4) is 0 Å². The highest BCUT2D eigenvalue weighted by molar-refractivity contribution is 6.07. The first-order valence-electron chi connectivity index (χ1n) is 11.1. The standard InChI is InChI=1S/C25H27FN2O2/c26-21-10-7-18(8-11-21)24(29)28-15-13-19-16-20(9-12-23(19)28)25(30)27-14-3-5-17-4-1-2-6-22(17)27/h7-12,16-17,22H,1-6,13-15H2/t17-,22+/m0/s1. The molecular formula is C25H27FN2O2. The molecular weight excluding hydrogens is 379 g/mol. The first-order valence-corrected chi connectivity index (χ1v) is 11.1. The summed E-state index contributed by atoms with van der Waals surface area (Å²) in [7, 11) is 0. The Morgan fingerprint density at radius 2 is 1.57 bits per heavy atom. The number of amides is 2. The Hall–Kier alpha value is -2.69. The SMILES string of the molecule is O=C(c1ccc(F)cc1)N1CCc2cc(C(=O)N3CCC[C@@H]4CCCC[C@H]43)ccc21. The smallest absolute Gasteiger partial charge is 0.258 e. The largest absolute Gasteiger partial charge is 0.335 e. The zero-order valence-corrected chi connectivity index (χ0v) is 17.1. The molecule has 0 unspecified atom stereocenters. The molecule has 2 heterocycles. The Morgan fingerprint density at radius 1 is 0.833 bits per heavy atom. The Kier molecular flexibility index (Phi) is 5.05. The molecule has 0 bridgehead atoms. The van der Waals surface area contributed by atoms with Gasteiger partial charge in [-0.05, 0) is 86.1 Å². The van der Waals surface area contributed by atoms with E-state index in [1.807, 2.05) is 18.2 Å². The summed E-state index contributed by atoms with van der Waals surface area (Å²) in [6.45, 7) is 1.43. The molecule has 2 aliphatic heterocycles. The molecule has 2 aromatic carbocycles. The van der Waals surface area contributed by atoms with Crippen molar-refractivity contribution in [3.63, 3.8) is 0 Å². The predicted molar refractivity (Wildman–Crippen MR) is 114 cm³/mol. The highest BCUT2D eigenvalue weighted by Crippen LogP contribution is 2.37. The van der Waals surface area contributed by atoms with Gasteiger partial charge in [-0.2, -0.15) is 0 Å². The van der Waals surface area contributed by atoms with Gasteiger partial charge in [0.2, 0.25) is 0 Å². The minimum Gasteiger partial charge on any atom is -0.335 e. The molecule has 5 rings (SSSR count). The number of nitrogens with zero attached hydrogens (tertiary/aromatic N) is 2. The zero-order chi connectivity index (χ0) is 20.7. The number of anilines is 1. The number of carbonyl (C=O) groups is 2. The Balaban J connectivity index is 1.36. The first kappa shape index (κ1) is 19.3. The van der Waals surface area contributed by atoms with Gasteiger partial charge in [-0.25, -0.2) is 4.39 Å². The fourth-order valence-corrected chi connectivity index (χ4v) is 5.54. The number of fused-ring (bicyclic) bond motifs is 2. The van der Waals surface area contributed by atoms with Crippen molar-refractivity contribution < 1.29 is 14.0 Å². The number of likely N-dealkylation sites (tertiary alicyclic amines) is 1. The van der Waals surface area contributed by atoms with Crippen LogP contribution < -0.4 is 4.90 Å². The molecule has 3 aliphatic rings. The van der Waals surface area contributed by atoms with Crippen LogP contribution in [0.4, 0.5) is 10.1 Å². The van der Waals surface area contributed by atoms with Gasteiger partial charge in [-0.3, -0.25) is 9.59 Å². The maximum absolute atomic E-state index is 13.3. The van der Waals surface area contributed by atoms with Crippen LogP contribution in [0.1, 0.15) is 64.8 Å². The van der Waals surface area contributed by atoms with E-state index >= 15 is 0 Å². The van der Waals surface area contributed by atoms with E-state index in [0.717, 1.165) is 42.6 Å². The lowest BCUT2D eigenvalue weighted by molar-refractivity contribution is 0.0390. The summed E-state index contributed by atoms with van der Waals surface area (Å²) >= 11 is 0. The van der Waals surface area contributed by atoms with Gasteiger partial charge < -0.3 is 9.80 Å². The molecule has 30 heavy (non-hydrogen) atoms.